The molecule has 5 nitrogen and oxygen atoms in total. The molecule has 0 saturated carbocycles. The number of nitrogens with two attached hydrogens (primary N) is 1. The van der Waals surface area contributed by atoms with E-state index in [1.54, 1.807) is 6.08 Å². The van der Waals surface area contributed by atoms with E-state index >= 15 is 0 Å². The van der Waals surface area contributed by atoms with E-state index in [4.69, 9.17) is 10.5 Å². The topological polar surface area (TPSA) is 72.6 Å². The van der Waals surface area contributed by atoms with Crippen molar-refractivity contribution in [3.05, 3.63) is 70.6 Å². The van der Waals surface area contributed by atoms with Crippen molar-refractivity contribution in [3.63, 3.8) is 0 Å². The minimum Gasteiger partial charge on any atom is -0.489 e. The van der Waals surface area contributed by atoms with Crippen LogP contribution in [0.25, 0.3) is 6.08 Å². The predicted octanol–water partition coefficient (Wildman–Crippen LogP) is 3.26. The third-order valence-corrected chi connectivity index (χ3v) is 4.56. The molecule has 2 aromatic rings. The summed E-state index contributed by atoms with van der Waals surface area (Å²) in [4.78, 5) is 25.6. The third kappa shape index (κ3) is 4.29. The molecular formula is C19H18N2O3S. The second kappa shape index (κ2) is 8.00. The number of amides is 2. The van der Waals surface area contributed by atoms with Gasteiger partial charge in [0, 0.05) is 13.1 Å². The lowest BCUT2D eigenvalue weighted by Gasteiger charge is -2.09. The van der Waals surface area contributed by atoms with E-state index in [1.807, 2.05) is 54.6 Å². The highest BCUT2D eigenvalue weighted by Crippen LogP contribution is 2.32. The Morgan fingerprint density at radius 2 is 1.76 bits per heavy atom. The molecule has 128 valence electrons. The number of thioether (sulfide) groups is 1. The summed E-state index contributed by atoms with van der Waals surface area (Å²) >= 11 is 0.940. The monoisotopic (exact) mass is 354 g/mol. The van der Waals surface area contributed by atoms with E-state index in [2.05, 4.69) is 0 Å². The quantitative estimate of drug-likeness (QED) is 0.806. The summed E-state index contributed by atoms with van der Waals surface area (Å²) in [5.74, 6) is 0.460. The fraction of sp³-hybridized carbons (Fsp3) is 0.158. The van der Waals surface area contributed by atoms with Crippen LogP contribution in [0, 0.1) is 0 Å². The Morgan fingerprint density at radius 1 is 1.04 bits per heavy atom. The molecule has 0 radical (unpaired) electrons. The van der Waals surface area contributed by atoms with E-state index in [-0.39, 0.29) is 24.2 Å². The fourth-order valence-corrected chi connectivity index (χ4v) is 3.24. The van der Waals surface area contributed by atoms with Crippen molar-refractivity contribution in [2.45, 2.75) is 6.61 Å². The van der Waals surface area contributed by atoms with Crippen LogP contribution in [0.15, 0.2) is 59.5 Å². The molecule has 1 saturated heterocycles. The maximum absolute atomic E-state index is 12.2. The zero-order valence-corrected chi connectivity index (χ0v) is 14.4. The highest BCUT2D eigenvalue weighted by atomic mass is 32.2. The van der Waals surface area contributed by atoms with Gasteiger partial charge in [-0.1, -0.05) is 42.5 Å². The molecule has 0 atom stereocenters. The normalized spacial score (nSPS) is 15.9. The van der Waals surface area contributed by atoms with Crippen molar-refractivity contribution in [1.29, 1.82) is 0 Å². The van der Waals surface area contributed by atoms with Crippen molar-refractivity contribution in [1.82, 2.24) is 4.90 Å². The number of nitrogens with zero attached hydrogens (tertiary/aromatic N) is 1. The number of carbonyl (C=O) groups is 2. The molecule has 0 bridgehead atoms. The molecule has 0 unspecified atom stereocenters. The molecule has 2 N–H and O–H groups in total. The first kappa shape index (κ1) is 17.3. The molecule has 1 aliphatic heterocycles. The minimum atomic E-state index is -0.287. The lowest BCUT2D eigenvalue weighted by molar-refractivity contribution is -0.122. The van der Waals surface area contributed by atoms with E-state index in [1.165, 1.54) is 4.90 Å². The van der Waals surface area contributed by atoms with E-state index in [0.29, 0.717) is 11.5 Å². The second-order valence-electron chi connectivity index (χ2n) is 5.47. The molecule has 0 aromatic heterocycles. The Bertz CT molecular complexity index is 788. The lowest BCUT2D eigenvalue weighted by Crippen LogP contribution is -2.33. The van der Waals surface area contributed by atoms with Gasteiger partial charge in [0.05, 0.1) is 4.91 Å². The van der Waals surface area contributed by atoms with Crippen molar-refractivity contribution in [2.24, 2.45) is 5.73 Å². The zero-order chi connectivity index (χ0) is 17.6. The number of hydrogen-bond donors (Lipinski definition) is 1. The summed E-state index contributed by atoms with van der Waals surface area (Å²) in [5, 5.41) is -0.274. The first-order chi connectivity index (χ1) is 12.2. The molecule has 0 aliphatic carbocycles. The van der Waals surface area contributed by atoms with Crippen LogP contribution in [0.3, 0.4) is 0 Å². The van der Waals surface area contributed by atoms with Gasteiger partial charge in [0.15, 0.2) is 0 Å². The largest absolute Gasteiger partial charge is 0.489 e. The standard InChI is InChI=1S/C19H18N2O3S/c20-10-11-21-18(22)17(25-19(21)23)12-14-6-8-16(9-7-14)24-13-15-4-2-1-3-5-15/h1-9,12H,10-11,13,20H2. The van der Waals surface area contributed by atoms with Crippen LogP contribution in [0.5, 0.6) is 5.75 Å². The van der Waals surface area contributed by atoms with Gasteiger partial charge in [-0.2, -0.15) is 0 Å². The lowest BCUT2D eigenvalue weighted by atomic mass is 10.2. The van der Waals surface area contributed by atoms with Crippen molar-refractivity contribution >= 4 is 29.0 Å². The van der Waals surface area contributed by atoms with Gasteiger partial charge in [0.2, 0.25) is 0 Å². The van der Waals surface area contributed by atoms with E-state index in [9.17, 15) is 9.59 Å². The molecule has 2 amide bonds. The molecule has 6 heteroatoms. The first-order valence-corrected chi connectivity index (χ1v) is 8.71. The third-order valence-electron chi connectivity index (χ3n) is 3.65. The number of carbonyl (C=O) groups excluding carboxylic acids is 2. The number of hydrogen-bond acceptors (Lipinski definition) is 5. The zero-order valence-electron chi connectivity index (χ0n) is 13.6. The van der Waals surface area contributed by atoms with Crippen LogP contribution in [0.2, 0.25) is 0 Å². The maximum atomic E-state index is 12.2. The molecule has 2 aromatic carbocycles. The van der Waals surface area contributed by atoms with Crippen LogP contribution in [-0.4, -0.2) is 29.1 Å². The molecule has 1 fully saturated rings. The van der Waals surface area contributed by atoms with E-state index < -0.39 is 0 Å². The fourth-order valence-electron chi connectivity index (χ4n) is 2.37. The molecule has 25 heavy (non-hydrogen) atoms. The van der Waals surface area contributed by atoms with E-state index in [0.717, 1.165) is 28.6 Å². The van der Waals surface area contributed by atoms with Gasteiger partial charge in [-0.3, -0.25) is 14.5 Å². The summed E-state index contributed by atoms with van der Waals surface area (Å²) < 4.78 is 5.74. The predicted molar refractivity (Wildman–Crippen MR) is 98.9 cm³/mol. The highest BCUT2D eigenvalue weighted by molar-refractivity contribution is 8.18. The average Bonchev–Trinajstić information content (AvgIpc) is 2.90. The number of imide groups is 1. The minimum absolute atomic E-state index is 0.244. The summed E-state index contributed by atoms with van der Waals surface area (Å²) in [5.41, 5.74) is 7.36. The number of rotatable bonds is 6. The Morgan fingerprint density at radius 3 is 2.44 bits per heavy atom. The van der Waals surface area contributed by atoms with Gasteiger partial charge < -0.3 is 10.5 Å². The van der Waals surface area contributed by atoms with Gasteiger partial charge in [0.25, 0.3) is 11.1 Å². The molecule has 0 spiro atoms. The van der Waals surface area contributed by atoms with Crippen LogP contribution in [0.1, 0.15) is 11.1 Å². The van der Waals surface area contributed by atoms with Crippen LogP contribution >= 0.6 is 11.8 Å². The van der Waals surface area contributed by atoms with Gasteiger partial charge >= 0.3 is 0 Å². The van der Waals surface area contributed by atoms with Gasteiger partial charge in [-0.15, -0.1) is 0 Å². The highest BCUT2D eigenvalue weighted by Gasteiger charge is 2.34. The van der Waals surface area contributed by atoms with Crippen molar-refractivity contribution < 1.29 is 14.3 Å². The summed E-state index contributed by atoms with van der Waals surface area (Å²) in [6.07, 6.45) is 1.71. The first-order valence-electron chi connectivity index (χ1n) is 7.89. The molecule has 1 heterocycles. The van der Waals surface area contributed by atoms with Gasteiger partial charge in [-0.05, 0) is 41.1 Å². The summed E-state index contributed by atoms with van der Waals surface area (Å²) in [6, 6.07) is 17.3. The number of benzene rings is 2. The smallest absolute Gasteiger partial charge is 0.293 e. The number of ether oxygens (including phenoxy) is 1. The maximum Gasteiger partial charge on any atom is 0.293 e. The summed E-state index contributed by atoms with van der Waals surface area (Å²) in [6.45, 7) is 1.01. The van der Waals surface area contributed by atoms with Gasteiger partial charge in [-0.25, -0.2) is 0 Å². The molecule has 1 aliphatic rings. The van der Waals surface area contributed by atoms with Crippen molar-refractivity contribution in [3.8, 4) is 5.75 Å². The molecule has 3 rings (SSSR count). The molecular weight excluding hydrogens is 336 g/mol. The Balaban J connectivity index is 1.64. The van der Waals surface area contributed by atoms with Crippen LogP contribution in [-0.2, 0) is 11.4 Å². The SMILES string of the molecule is NCCN1C(=O)SC(=Cc2ccc(OCc3ccccc3)cc2)C1=O. The van der Waals surface area contributed by atoms with Gasteiger partial charge in [0.1, 0.15) is 12.4 Å². The van der Waals surface area contributed by atoms with Crippen LogP contribution < -0.4 is 10.5 Å². The van der Waals surface area contributed by atoms with Crippen LogP contribution in [0.4, 0.5) is 4.79 Å². The Labute approximate surface area is 150 Å². The Hall–Kier alpha value is -2.57. The summed E-state index contributed by atoms with van der Waals surface area (Å²) in [7, 11) is 0. The second-order valence-corrected chi connectivity index (χ2v) is 6.46. The van der Waals surface area contributed by atoms with Crippen molar-refractivity contribution in [2.75, 3.05) is 13.1 Å². The Kier molecular flexibility index (Phi) is 5.53. The average molecular weight is 354 g/mol.